The van der Waals surface area contributed by atoms with Gasteiger partial charge < -0.3 is 17.2 Å². The molecule has 0 radical (unpaired) electrons. The summed E-state index contributed by atoms with van der Waals surface area (Å²) >= 11 is 0. The van der Waals surface area contributed by atoms with Crippen LogP contribution in [-0.2, 0) is 9.59 Å². The minimum Gasteiger partial charge on any atom is -0.369 e. The van der Waals surface area contributed by atoms with Crippen LogP contribution in [0, 0.1) is 0 Å². The Balaban J connectivity index is 2.92. The van der Waals surface area contributed by atoms with Crippen molar-refractivity contribution in [2.45, 2.75) is 6.04 Å². The maximum absolute atomic E-state index is 11.0. The monoisotopic (exact) mass is 251 g/mol. The quantitative estimate of drug-likeness (QED) is 0.535. The highest BCUT2D eigenvalue weighted by Gasteiger charge is 2.23. The van der Waals surface area contributed by atoms with Crippen LogP contribution in [0.4, 0.5) is 0 Å². The SMILES string of the molecule is NCC(c1ccccn1)N(CC(N)=O)CC(N)=O. The Bertz CT molecular complexity index is 393. The third kappa shape index (κ3) is 4.11. The van der Waals surface area contributed by atoms with Gasteiger partial charge >= 0.3 is 0 Å². The van der Waals surface area contributed by atoms with E-state index >= 15 is 0 Å². The standard InChI is InChI=1S/C11H17N5O2/c12-5-9(8-3-1-2-4-15-8)16(6-10(13)17)7-11(14)18/h1-4,9H,5-7,12H2,(H2,13,17)(H2,14,18). The first-order valence-corrected chi connectivity index (χ1v) is 5.46. The molecule has 2 amide bonds. The molecule has 0 aromatic carbocycles. The minimum atomic E-state index is -0.550. The van der Waals surface area contributed by atoms with Crippen molar-refractivity contribution in [1.82, 2.24) is 9.88 Å². The van der Waals surface area contributed by atoms with Crippen molar-refractivity contribution >= 4 is 11.8 Å². The molecule has 0 aliphatic carbocycles. The zero-order chi connectivity index (χ0) is 13.5. The summed E-state index contributed by atoms with van der Waals surface area (Å²) in [7, 11) is 0. The third-order valence-corrected chi connectivity index (χ3v) is 2.41. The lowest BCUT2D eigenvalue weighted by Gasteiger charge is -2.28. The van der Waals surface area contributed by atoms with E-state index in [-0.39, 0.29) is 25.7 Å². The highest BCUT2D eigenvalue weighted by molar-refractivity contribution is 5.79. The van der Waals surface area contributed by atoms with Gasteiger partial charge in [0, 0.05) is 12.7 Å². The fourth-order valence-electron chi connectivity index (χ4n) is 1.71. The molecule has 98 valence electrons. The van der Waals surface area contributed by atoms with Gasteiger partial charge in [-0.25, -0.2) is 0 Å². The highest BCUT2D eigenvalue weighted by atomic mass is 16.2. The fraction of sp³-hybridized carbons (Fsp3) is 0.364. The summed E-state index contributed by atoms with van der Waals surface area (Å²) < 4.78 is 0. The van der Waals surface area contributed by atoms with E-state index in [0.717, 1.165) is 0 Å². The van der Waals surface area contributed by atoms with Crippen molar-refractivity contribution in [2.75, 3.05) is 19.6 Å². The molecule has 0 aliphatic heterocycles. The molecule has 7 nitrogen and oxygen atoms in total. The summed E-state index contributed by atoms with van der Waals surface area (Å²) in [6.07, 6.45) is 1.62. The first-order chi connectivity index (χ1) is 8.54. The number of nitrogens with two attached hydrogens (primary N) is 3. The van der Waals surface area contributed by atoms with Gasteiger partial charge in [-0.15, -0.1) is 0 Å². The van der Waals surface area contributed by atoms with Crippen LogP contribution in [0.5, 0.6) is 0 Å². The van der Waals surface area contributed by atoms with E-state index in [1.54, 1.807) is 24.4 Å². The number of aromatic nitrogens is 1. The number of carbonyl (C=O) groups excluding carboxylic acids is 2. The van der Waals surface area contributed by atoms with E-state index in [4.69, 9.17) is 17.2 Å². The van der Waals surface area contributed by atoms with Gasteiger partial charge in [-0.1, -0.05) is 6.07 Å². The molecule has 1 aromatic heterocycles. The van der Waals surface area contributed by atoms with Crippen LogP contribution < -0.4 is 17.2 Å². The number of pyridine rings is 1. The van der Waals surface area contributed by atoms with E-state index in [1.807, 2.05) is 0 Å². The zero-order valence-corrected chi connectivity index (χ0v) is 9.95. The first kappa shape index (κ1) is 14.1. The Labute approximate surface area is 105 Å². The molecule has 18 heavy (non-hydrogen) atoms. The van der Waals surface area contributed by atoms with Crippen LogP contribution in [0.3, 0.4) is 0 Å². The van der Waals surface area contributed by atoms with Crippen LogP contribution in [0.25, 0.3) is 0 Å². The zero-order valence-electron chi connectivity index (χ0n) is 9.95. The average Bonchev–Trinajstić information content (AvgIpc) is 2.29. The average molecular weight is 251 g/mol. The van der Waals surface area contributed by atoms with Gasteiger partial charge in [-0.2, -0.15) is 0 Å². The molecule has 0 saturated heterocycles. The second kappa shape index (κ2) is 6.67. The van der Waals surface area contributed by atoms with Gasteiger partial charge in [-0.3, -0.25) is 19.5 Å². The van der Waals surface area contributed by atoms with Gasteiger partial charge in [0.25, 0.3) is 0 Å². The van der Waals surface area contributed by atoms with E-state index in [1.165, 1.54) is 4.90 Å². The molecule has 1 unspecified atom stereocenters. The predicted molar refractivity (Wildman–Crippen MR) is 66.0 cm³/mol. The van der Waals surface area contributed by atoms with Crippen molar-refractivity contribution in [3.05, 3.63) is 30.1 Å². The molecule has 1 atom stereocenters. The van der Waals surface area contributed by atoms with Crippen LogP contribution in [0.1, 0.15) is 11.7 Å². The van der Waals surface area contributed by atoms with Gasteiger partial charge in [0.1, 0.15) is 0 Å². The maximum atomic E-state index is 11.0. The second-order valence-corrected chi connectivity index (χ2v) is 3.84. The van der Waals surface area contributed by atoms with Crippen LogP contribution >= 0.6 is 0 Å². The van der Waals surface area contributed by atoms with E-state index in [0.29, 0.717) is 5.69 Å². The van der Waals surface area contributed by atoms with E-state index in [9.17, 15) is 9.59 Å². The molecule has 1 aromatic rings. The molecule has 0 spiro atoms. The Hall–Kier alpha value is -1.99. The molecular weight excluding hydrogens is 234 g/mol. The van der Waals surface area contributed by atoms with Gasteiger partial charge in [0.05, 0.1) is 24.8 Å². The molecule has 0 fully saturated rings. The van der Waals surface area contributed by atoms with Crippen molar-refractivity contribution in [3.63, 3.8) is 0 Å². The van der Waals surface area contributed by atoms with E-state index < -0.39 is 11.8 Å². The molecule has 1 rings (SSSR count). The summed E-state index contributed by atoms with van der Waals surface area (Å²) in [6, 6.07) is 4.97. The summed E-state index contributed by atoms with van der Waals surface area (Å²) in [5.74, 6) is -1.10. The Morgan fingerprint density at radius 1 is 1.22 bits per heavy atom. The van der Waals surface area contributed by atoms with Crippen LogP contribution in [-0.4, -0.2) is 41.3 Å². The summed E-state index contributed by atoms with van der Waals surface area (Å²) in [5, 5.41) is 0. The largest absolute Gasteiger partial charge is 0.369 e. The van der Waals surface area contributed by atoms with E-state index in [2.05, 4.69) is 4.98 Å². The molecular formula is C11H17N5O2. The number of carbonyl (C=O) groups is 2. The Morgan fingerprint density at radius 3 is 2.22 bits per heavy atom. The lowest BCUT2D eigenvalue weighted by atomic mass is 10.1. The van der Waals surface area contributed by atoms with Crippen LogP contribution in [0.15, 0.2) is 24.4 Å². The van der Waals surface area contributed by atoms with Crippen molar-refractivity contribution in [2.24, 2.45) is 17.2 Å². The number of hydrogen-bond donors (Lipinski definition) is 3. The smallest absolute Gasteiger partial charge is 0.231 e. The van der Waals surface area contributed by atoms with Gasteiger partial charge in [0.2, 0.25) is 11.8 Å². The summed E-state index contributed by atoms with van der Waals surface area (Å²) in [4.78, 5) is 27.7. The topological polar surface area (TPSA) is 128 Å². The maximum Gasteiger partial charge on any atom is 0.231 e. The molecule has 0 saturated carbocycles. The molecule has 6 N–H and O–H groups in total. The van der Waals surface area contributed by atoms with Crippen molar-refractivity contribution in [3.8, 4) is 0 Å². The first-order valence-electron chi connectivity index (χ1n) is 5.46. The molecule has 0 bridgehead atoms. The molecule has 1 heterocycles. The van der Waals surface area contributed by atoms with Gasteiger partial charge in [0.15, 0.2) is 0 Å². The summed E-state index contributed by atoms with van der Waals surface area (Å²) in [5.41, 5.74) is 16.6. The predicted octanol–water partition coefficient (Wildman–Crippen LogP) is -1.65. The number of hydrogen-bond acceptors (Lipinski definition) is 5. The van der Waals surface area contributed by atoms with Crippen LogP contribution in [0.2, 0.25) is 0 Å². The molecule has 7 heteroatoms. The highest BCUT2D eigenvalue weighted by Crippen LogP contribution is 2.16. The summed E-state index contributed by atoms with van der Waals surface area (Å²) in [6.45, 7) is 0.0142. The second-order valence-electron chi connectivity index (χ2n) is 3.84. The lowest BCUT2D eigenvalue weighted by molar-refractivity contribution is -0.122. The molecule has 0 aliphatic rings. The Kier molecular flexibility index (Phi) is 5.22. The number of amides is 2. The fourth-order valence-corrected chi connectivity index (χ4v) is 1.71. The third-order valence-electron chi connectivity index (χ3n) is 2.41. The van der Waals surface area contributed by atoms with Crippen molar-refractivity contribution in [1.29, 1.82) is 0 Å². The number of nitrogens with zero attached hydrogens (tertiary/aromatic N) is 2. The number of primary amides is 2. The minimum absolute atomic E-state index is 0.0959. The number of rotatable bonds is 7. The van der Waals surface area contributed by atoms with Crippen molar-refractivity contribution < 1.29 is 9.59 Å². The van der Waals surface area contributed by atoms with Gasteiger partial charge in [-0.05, 0) is 12.1 Å². The Morgan fingerprint density at radius 2 is 1.83 bits per heavy atom. The normalized spacial score (nSPS) is 12.3. The lowest BCUT2D eigenvalue weighted by Crippen LogP contribution is -2.44.